The lowest BCUT2D eigenvalue weighted by atomic mass is 10.2. The van der Waals surface area contributed by atoms with Crippen LogP contribution in [0.3, 0.4) is 0 Å². The average molecular weight is 413 g/mol. The van der Waals surface area contributed by atoms with Crippen molar-refractivity contribution in [1.82, 2.24) is 10.3 Å². The molecule has 0 spiro atoms. The van der Waals surface area contributed by atoms with Crippen LogP contribution < -0.4 is 21.3 Å². The van der Waals surface area contributed by atoms with E-state index in [0.29, 0.717) is 0 Å². The Hall–Kier alpha value is -3.15. The van der Waals surface area contributed by atoms with Gasteiger partial charge in [0.1, 0.15) is 5.00 Å². The SMILES string of the molecule is NC(=O)c1ncc(NC(=O)NC2CC(=O)N(c3cccc(C(F)(F)F)c3)C2)s1. The van der Waals surface area contributed by atoms with Gasteiger partial charge in [-0.1, -0.05) is 17.4 Å². The lowest BCUT2D eigenvalue weighted by Crippen LogP contribution is -2.39. The third-order valence-corrected chi connectivity index (χ3v) is 4.83. The second kappa shape index (κ2) is 7.46. The first kappa shape index (κ1) is 19.6. The summed E-state index contributed by atoms with van der Waals surface area (Å²) >= 11 is 0.888. The van der Waals surface area contributed by atoms with Crippen molar-refractivity contribution in [3.63, 3.8) is 0 Å². The minimum Gasteiger partial charge on any atom is -0.364 e. The fourth-order valence-corrected chi connectivity index (χ4v) is 3.35. The van der Waals surface area contributed by atoms with Gasteiger partial charge in [-0.25, -0.2) is 9.78 Å². The zero-order valence-corrected chi connectivity index (χ0v) is 14.9. The summed E-state index contributed by atoms with van der Waals surface area (Å²) in [6.07, 6.45) is -3.31. The first-order chi connectivity index (χ1) is 13.1. The zero-order valence-electron chi connectivity index (χ0n) is 14.1. The number of hydrogen-bond acceptors (Lipinski definition) is 5. The van der Waals surface area contributed by atoms with Crippen molar-refractivity contribution >= 4 is 39.9 Å². The number of amides is 4. The molecule has 28 heavy (non-hydrogen) atoms. The number of primary amides is 1. The van der Waals surface area contributed by atoms with Gasteiger partial charge in [0.2, 0.25) is 5.91 Å². The van der Waals surface area contributed by atoms with Crippen LogP contribution in [0.15, 0.2) is 30.5 Å². The molecule has 2 heterocycles. The topological polar surface area (TPSA) is 117 Å². The van der Waals surface area contributed by atoms with E-state index in [-0.39, 0.29) is 28.7 Å². The maximum absolute atomic E-state index is 12.9. The molecule has 1 unspecified atom stereocenters. The number of benzene rings is 1. The van der Waals surface area contributed by atoms with E-state index in [4.69, 9.17) is 5.73 Å². The van der Waals surface area contributed by atoms with E-state index in [0.717, 1.165) is 23.5 Å². The molecule has 148 valence electrons. The smallest absolute Gasteiger partial charge is 0.364 e. The Morgan fingerprint density at radius 1 is 1.32 bits per heavy atom. The van der Waals surface area contributed by atoms with Crippen LogP contribution in [-0.4, -0.2) is 35.4 Å². The largest absolute Gasteiger partial charge is 0.416 e. The normalized spacial score (nSPS) is 16.9. The monoisotopic (exact) mass is 413 g/mol. The molecule has 1 aromatic carbocycles. The lowest BCUT2D eigenvalue weighted by molar-refractivity contribution is -0.137. The average Bonchev–Trinajstić information content (AvgIpc) is 3.21. The molecule has 4 N–H and O–H groups in total. The van der Waals surface area contributed by atoms with Gasteiger partial charge in [-0.2, -0.15) is 13.2 Å². The van der Waals surface area contributed by atoms with Crippen molar-refractivity contribution in [3.8, 4) is 0 Å². The summed E-state index contributed by atoms with van der Waals surface area (Å²) in [5.74, 6) is -1.13. The minimum absolute atomic E-state index is 0.0297. The molecule has 0 radical (unpaired) electrons. The fourth-order valence-electron chi connectivity index (χ4n) is 2.68. The number of nitrogens with zero attached hydrogens (tertiary/aromatic N) is 2. The predicted molar refractivity (Wildman–Crippen MR) is 95.0 cm³/mol. The highest BCUT2D eigenvalue weighted by Crippen LogP contribution is 2.32. The van der Waals surface area contributed by atoms with Crippen LogP contribution in [0.1, 0.15) is 21.8 Å². The van der Waals surface area contributed by atoms with E-state index in [1.807, 2.05) is 0 Å². The minimum atomic E-state index is -4.52. The Kier molecular flexibility index (Phi) is 5.23. The molecule has 1 fully saturated rings. The lowest BCUT2D eigenvalue weighted by Gasteiger charge is -2.18. The van der Waals surface area contributed by atoms with Crippen LogP contribution >= 0.6 is 11.3 Å². The molecular weight excluding hydrogens is 399 g/mol. The van der Waals surface area contributed by atoms with E-state index in [1.165, 1.54) is 23.2 Å². The van der Waals surface area contributed by atoms with E-state index >= 15 is 0 Å². The van der Waals surface area contributed by atoms with Crippen molar-refractivity contribution in [1.29, 1.82) is 0 Å². The van der Waals surface area contributed by atoms with Crippen LogP contribution in [0, 0.1) is 0 Å². The zero-order chi connectivity index (χ0) is 20.5. The first-order valence-electron chi connectivity index (χ1n) is 7.94. The number of alkyl halides is 3. The Morgan fingerprint density at radius 2 is 2.07 bits per heavy atom. The number of rotatable bonds is 4. The summed E-state index contributed by atoms with van der Waals surface area (Å²) in [6, 6.07) is 3.21. The Bertz CT molecular complexity index is 930. The van der Waals surface area contributed by atoms with Gasteiger partial charge in [0, 0.05) is 18.7 Å². The first-order valence-corrected chi connectivity index (χ1v) is 8.76. The van der Waals surface area contributed by atoms with Crippen molar-refractivity contribution < 1.29 is 27.6 Å². The molecule has 12 heteroatoms. The molecular formula is C16H14F3N5O3S. The molecule has 1 aliphatic heterocycles. The highest BCUT2D eigenvalue weighted by atomic mass is 32.1. The van der Waals surface area contributed by atoms with Crippen molar-refractivity contribution in [2.45, 2.75) is 18.6 Å². The number of hydrogen-bond donors (Lipinski definition) is 3. The van der Waals surface area contributed by atoms with Crippen LogP contribution in [0.4, 0.5) is 28.7 Å². The van der Waals surface area contributed by atoms with Gasteiger partial charge < -0.3 is 16.0 Å². The Morgan fingerprint density at radius 3 is 2.71 bits per heavy atom. The highest BCUT2D eigenvalue weighted by molar-refractivity contribution is 7.17. The number of carbonyl (C=O) groups is 3. The summed E-state index contributed by atoms with van der Waals surface area (Å²) in [7, 11) is 0. The van der Waals surface area contributed by atoms with Crippen LogP contribution in [0.2, 0.25) is 0 Å². The highest BCUT2D eigenvalue weighted by Gasteiger charge is 2.34. The number of anilines is 2. The number of carbonyl (C=O) groups excluding carboxylic acids is 3. The van der Waals surface area contributed by atoms with Gasteiger partial charge in [-0.15, -0.1) is 0 Å². The van der Waals surface area contributed by atoms with Gasteiger partial charge in [-0.05, 0) is 18.2 Å². The van der Waals surface area contributed by atoms with Crippen LogP contribution in [-0.2, 0) is 11.0 Å². The molecule has 3 rings (SSSR count). The van der Waals surface area contributed by atoms with Gasteiger partial charge in [0.05, 0.1) is 17.8 Å². The van der Waals surface area contributed by atoms with Crippen molar-refractivity contribution in [2.24, 2.45) is 5.73 Å². The third kappa shape index (κ3) is 4.39. The molecule has 2 aromatic rings. The van der Waals surface area contributed by atoms with E-state index in [2.05, 4.69) is 15.6 Å². The third-order valence-electron chi connectivity index (χ3n) is 3.90. The summed E-state index contributed by atoms with van der Waals surface area (Å²) in [5.41, 5.74) is 4.33. The number of nitrogens with two attached hydrogens (primary N) is 1. The van der Waals surface area contributed by atoms with Crippen molar-refractivity contribution in [3.05, 3.63) is 41.0 Å². The van der Waals surface area contributed by atoms with Gasteiger partial charge in [0.25, 0.3) is 5.91 Å². The molecule has 4 amide bonds. The summed E-state index contributed by atoms with van der Waals surface area (Å²) in [5, 5.41) is 5.34. The molecule has 1 aliphatic rings. The quantitative estimate of drug-likeness (QED) is 0.712. The van der Waals surface area contributed by atoms with Gasteiger partial charge >= 0.3 is 12.2 Å². The van der Waals surface area contributed by atoms with Crippen LogP contribution in [0.25, 0.3) is 0 Å². The van der Waals surface area contributed by atoms with Crippen molar-refractivity contribution in [2.75, 3.05) is 16.8 Å². The Balaban J connectivity index is 1.62. The number of aromatic nitrogens is 1. The summed E-state index contributed by atoms with van der Waals surface area (Å²) < 4.78 is 38.6. The maximum atomic E-state index is 12.9. The fraction of sp³-hybridized carbons (Fsp3) is 0.250. The number of halogens is 3. The number of thiazole rings is 1. The van der Waals surface area contributed by atoms with Gasteiger partial charge in [0.15, 0.2) is 5.01 Å². The summed E-state index contributed by atoms with van der Waals surface area (Å²) in [6.45, 7) is 0.0305. The second-order valence-electron chi connectivity index (χ2n) is 5.95. The molecule has 1 atom stereocenters. The van der Waals surface area contributed by atoms with E-state index in [9.17, 15) is 27.6 Å². The molecule has 0 bridgehead atoms. The molecule has 0 aliphatic carbocycles. The second-order valence-corrected chi connectivity index (χ2v) is 6.98. The molecule has 1 aromatic heterocycles. The van der Waals surface area contributed by atoms with E-state index in [1.54, 1.807) is 0 Å². The molecule has 1 saturated heterocycles. The maximum Gasteiger partial charge on any atom is 0.416 e. The predicted octanol–water partition coefficient (Wildman–Crippen LogP) is 2.19. The molecule has 8 nitrogen and oxygen atoms in total. The number of urea groups is 1. The van der Waals surface area contributed by atoms with Crippen LogP contribution in [0.5, 0.6) is 0 Å². The Labute approximate surface area is 160 Å². The van der Waals surface area contributed by atoms with Gasteiger partial charge in [-0.3, -0.25) is 14.9 Å². The number of nitrogens with one attached hydrogen (secondary N) is 2. The summed E-state index contributed by atoms with van der Waals surface area (Å²) in [4.78, 5) is 40.2. The molecule has 0 saturated carbocycles. The van der Waals surface area contributed by atoms with E-state index < -0.39 is 35.6 Å². The standard InChI is InChI=1S/C16H14F3N5O3S/c17-16(18,19)8-2-1-3-10(4-8)24-7-9(5-12(24)25)22-15(27)23-11-6-21-14(28-11)13(20)26/h1-4,6,9H,5,7H2,(H2,20,26)(H2,22,23,27).